The lowest BCUT2D eigenvalue weighted by Crippen LogP contribution is -2.10. The molecular formula is C20H22ClN3S. The van der Waals surface area contributed by atoms with Crippen LogP contribution in [0.3, 0.4) is 0 Å². The van der Waals surface area contributed by atoms with Crippen molar-refractivity contribution in [3.8, 4) is 0 Å². The molecule has 3 aromatic rings. The molecule has 25 heavy (non-hydrogen) atoms. The van der Waals surface area contributed by atoms with Crippen molar-refractivity contribution in [1.29, 1.82) is 0 Å². The first-order valence-electron chi connectivity index (χ1n) is 8.45. The van der Waals surface area contributed by atoms with Gasteiger partial charge in [0.2, 0.25) is 0 Å². The van der Waals surface area contributed by atoms with Crippen molar-refractivity contribution in [2.24, 2.45) is 5.92 Å². The third-order valence-electron chi connectivity index (χ3n) is 3.80. The molecular weight excluding hydrogens is 350 g/mol. The molecule has 0 spiro atoms. The Hall–Kier alpha value is -1.78. The molecule has 0 fully saturated rings. The summed E-state index contributed by atoms with van der Waals surface area (Å²) in [5.41, 5.74) is 2.45. The Morgan fingerprint density at radius 2 is 1.76 bits per heavy atom. The normalized spacial score (nSPS) is 11.2. The molecule has 0 aliphatic rings. The first-order chi connectivity index (χ1) is 12.1. The average Bonchev–Trinajstić information content (AvgIpc) is 2.95. The van der Waals surface area contributed by atoms with Crippen LogP contribution in [0.4, 0.5) is 0 Å². The summed E-state index contributed by atoms with van der Waals surface area (Å²) in [6, 6.07) is 18.4. The summed E-state index contributed by atoms with van der Waals surface area (Å²) in [5.74, 6) is 2.40. The summed E-state index contributed by atoms with van der Waals surface area (Å²) >= 11 is 7.79. The van der Waals surface area contributed by atoms with Gasteiger partial charge in [0, 0.05) is 23.7 Å². The molecule has 130 valence electrons. The number of thioether (sulfide) groups is 1. The quantitative estimate of drug-likeness (QED) is 0.516. The van der Waals surface area contributed by atoms with Crippen LogP contribution in [-0.4, -0.2) is 14.8 Å². The van der Waals surface area contributed by atoms with Crippen molar-refractivity contribution >= 4 is 23.4 Å². The highest BCUT2D eigenvalue weighted by atomic mass is 35.5. The molecule has 2 aromatic carbocycles. The number of benzene rings is 2. The number of rotatable bonds is 7. The van der Waals surface area contributed by atoms with Crippen LogP contribution in [0.15, 0.2) is 59.8 Å². The summed E-state index contributed by atoms with van der Waals surface area (Å²) in [5, 5.41) is 10.6. The first-order valence-corrected chi connectivity index (χ1v) is 9.81. The fourth-order valence-electron chi connectivity index (χ4n) is 2.66. The van der Waals surface area contributed by atoms with E-state index in [1.54, 1.807) is 11.8 Å². The van der Waals surface area contributed by atoms with Crippen LogP contribution in [0.2, 0.25) is 5.02 Å². The standard InChI is InChI=1S/C20H22ClN3S/c1-15(2)13-24-19(12-16-7-4-3-5-8-16)22-23-20(24)25-14-17-9-6-10-18(21)11-17/h3-11,15H,12-14H2,1-2H3. The maximum atomic E-state index is 6.08. The summed E-state index contributed by atoms with van der Waals surface area (Å²) in [6.07, 6.45) is 0.804. The van der Waals surface area contributed by atoms with Crippen molar-refractivity contribution in [3.05, 3.63) is 76.6 Å². The van der Waals surface area contributed by atoms with Gasteiger partial charge in [0.15, 0.2) is 5.16 Å². The lowest BCUT2D eigenvalue weighted by Gasteiger charge is -2.12. The van der Waals surface area contributed by atoms with Crippen molar-refractivity contribution in [1.82, 2.24) is 14.8 Å². The maximum Gasteiger partial charge on any atom is 0.191 e. The second-order valence-electron chi connectivity index (χ2n) is 6.48. The molecule has 0 radical (unpaired) electrons. The van der Waals surface area contributed by atoms with Crippen molar-refractivity contribution in [2.45, 2.75) is 37.7 Å². The van der Waals surface area contributed by atoms with Crippen LogP contribution in [0.1, 0.15) is 30.8 Å². The Kier molecular flexibility index (Phi) is 6.16. The first kappa shape index (κ1) is 18.0. The maximum absolute atomic E-state index is 6.08. The number of hydrogen-bond acceptors (Lipinski definition) is 3. The molecule has 5 heteroatoms. The Morgan fingerprint density at radius 3 is 2.48 bits per heavy atom. The van der Waals surface area contributed by atoms with Crippen LogP contribution in [0.5, 0.6) is 0 Å². The minimum atomic E-state index is 0.538. The van der Waals surface area contributed by atoms with Gasteiger partial charge in [0.1, 0.15) is 5.82 Å². The molecule has 1 aromatic heterocycles. The summed E-state index contributed by atoms with van der Waals surface area (Å²) < 4.78 is 2.26. The van der Waals surface area contributed by atoms with Gasteiger partial charge in [-0.15, -0.1) is 10.2 Å². The van der Waals surface area contributed by atoms with Crippen LogP contribution in [-0.2, 0) is 18.7 Å². The minimum absolute atomic E-state index is 0.538. The van der Waals surface area contributed by atoms with Gasteiger partial charge in [-0.05, 0) is 29.2 Å². The van der Waals surface area contributed by atoms with E-state index >= 15 is 0 Å². The number of nitrogens with zero attached hydrogens (tertiary/aromatic N) is 3. The molecule has 0 atom stereocenters. The van der Waals surface area contributed by atoms with E-state index in [9.17, 15) is 0 Å². The molecule has 3 rings (SSSR count). The monoisotopic (exact) mass is 371 g/mol. The zero-order valence-electron chi connectivity index (χ0n) is 14.5. The van der Waals surface area contributed by atoms with Gasteiger partial charge < -0.3 is 4.57 Å². The van der Waals surface area contributed by atoms with Gasteiger partial charge in [-0.1, -0.05) is 79.7 Å². The topological polar surface area (TPSA) is 30.7 Å². The predicted octanol–water partition coefficient (Wildman–Crippen LogP) is 5.47. The number of aromatic nitrogens is 3. The van der Waals surface area contributed by atoms with Gasteiger partial charge in [-0.25, -0.2) is 0 Å². The molecule has 1 heterocycles. The Balaban J connectivity index is 1.78. The number of halogens is 1. The van der Waals surface area contributed by atoms with Crippen LogP contribution in [0, 0.1) is 5.92 Å². The zero-order valence-corrected chi connectivity index (χ0v) is 16.1. The summed E-state index contributed by atoms with van der Waals surface area (Å²) in [4.78, 5) is 0. The van der Waals surface area contributed by atoms with E-state index in [1.807, 2.05) is 24.3 Å². The second kappa shape index (κ2) is 8.54. The van der Waals surface area contributed by atoms with Crippen LogP contribution < -0.4 is 0 Å². The van der Waals surface area contributed by atoms with Gasteiger partial charge in [0.05, 0.1) is 0 Å². The third-order valence-corrected chi connectivity index (χ3v) is 5.08. The Labute approximate surface area is 158 Å². The lowest BCUT2D eigenvalue weighted by atomic mass is 10.1. The zero-order chi connectivity index (χ0) is 17.6. The van der Waals surface area contributed by atoms with E-state index in [1.165, 1.54) is 11.1 Å². The molecule has 0 unspecified atom stereocenters. The summed E-state index contributed by atoms with van der Waals surface area (Å²) in [7, 11) is 0. The van der Waals surface area contributed by atoms with Crippen molar-refractivity contribution in [2.75, 3.05) is 0 Å². The Bertz CT molecular complexity index is 815. The second-order valence-corrected chi connectivity index (χ2v) is 7.86. The SMILES string of the molecule is CC(C)Cn1c(Cc2ccccc2)nnc1SCc1cccc(Cl)c1. The van der Waals surface area contributed by atoms with Crippen LogP contribution >= 0.6 is 23.4 Å². The average molecular weight is 372 g/mol. The molecule has 0 N–H and O–H groups in total. The van der Waals surface area contributed by atoms with Gasteiger partial charge in [-0.3, -0.25) is 0 Å². The minimum Gasteiger partial charge on any atom is -0.305 e. The van der Waals surface area contributed by atoms with Gasteiger partial charge >= 0.3 is 0 Å². The third kappa shape index (κ3) is 5.10. The van der Waals surface area contributed by atoms with E-state index in [2.05, 4.69) is 58.9 Å². The molecule has 0 aliphatic heterocycles. The number of hydrogen-bond donors (Lipinski definition) is 0. The smallest absolute Gasteiger partial charge is 0.191 e. The molecule has 0 saturated heterocycles. The highest BCUT2D eigenvalue weighted by Gasteiger charge is 2.14. The highest BCUT2D eigenvalue weighted by Crippen LogP contribution is 2.25. The van der Waals surface area contributed by atoms with Crippen molar-refractivity contribution in [3.63, 3.8) is 0 Å². The predicted molar refractivity (Wildman–Crippen MR) is 105 cm³/mol. The molecule has 0 saturated carbocycles. The van der Waals surface area contributed by atoms with Crippen LogP contribution in [0.25, 0.3) is 0 Å². The van der Waals surface area contributed by atoms with E-state index in [4.69, 9.17) is 11.6 Å². The fourth-order valence-corrected chi connectivity index (χ4v) is 3.78. The van der Waals surface area contributed by atoms with E-state index < -0.39 is 0 Å². The Morgan fingerprint density at radius 1 is 1.00 bits per heavy atom. The molecule has 3 nitrogen and oxygen atoms in total. The van der Waals surface area contributed by atoms with E-state index in [-0.39, 0.29) is 0 Å². The van der Waals surface area contributed by atoms with E-state index in [0.717, 1.165) is 34.7 Å². The van der Waals surface area contributed by atoms with Crippen molar-refractivity contribution < 1.29 is 0 Å². The fraction of sp³-hybridized carbons (Fsp3) is 0.300. The molecule has 0 amide bonds. The molecule has 0 bridgehead atoms. The largest absolute Gasteiger partial charge is 0.305 e. The highest BCUT2D eigenvalue weighted by molar-refractivity contribution is 7.98. The molecule has 0 aliphatic carbocycles. The van der Waals surface area contributed by atoms with Gasteiger partial charge in [-0.2, -0.15) is 0 Å². The summed E-state index contributed by atoms with van der Waals surface area (Å²) in [6.45, 7) is 5.36. The van der Waals surface area contributed by atoms with Gasteiger partial charge in [0.25, 0.3) is 0 Å². The van der Waals surface area contributed by atoms with E-state index in [0.29, 0.717) is 5.92 Å². The lowest BCUT2D eigenvalue weighted by molar-refractivity contribution is 0.482.